The molecule has 0 radical (unpaired) electrons. The van der Waals surface area contributed by atoms with Gasteiger partial charge in [-0.3, -0.25) is 0 Å². The molecule has 0 N–H and O–H groups in total. The Balaban J connectivity index is 1.03. The fourth-order valence-electron chi connectivity index (χ4n) is 8.23. The molecule has 2 aromatic heterocycles. The molecule has 258 valence electrons. The van der Waals surface area contributed by atoms with Crippen LogP contribution in [0.25, 0.3) is 88.0 Å². The minimum atomic E-state index is 0.856. The second-order valence-electron chi connectivity index (χ2n) is 14.1. The minimum Gasteiger partial charge on any atom is -0.455 e. The predicted molar refractivity (Wildman–Crippen MR) is 229 cm³/mol. The van der Waals surface area contributed by atoms with E-state index < -0.39 is 0 Å². The van der Waals surface area contributed by atoms with Crippen LogP contribution >= 0.6 is 0 Å². The summed E-state index contributed by atoms with van der Waals surface area (Å²) in [5, 5.41) is 6.76. The van der Waals surface area contributed by atoms with Crippen molar-refractivity contribution >= 4 is 71.7 Å². The molecular formula is C52H33NO2. The highest BCUT2D eigenvalue weighted by molar-refractivity contribution is 6.19. The van der Waals surface area contributed by atoms with Crippen LogP contribution in [0.3, 0.4) is 0 Å². The van der Waals surface area contributed by atoms with E-state index in [-0.39, 0.29) is 0 Å². The quantitative estimate of drug-likeness (QED) is 0.173. The van der Waals surface area contributed by atoms with Crippen LogP contribution in [0, 0.1) is 0 Å². The van der Waals surface area contributed by atoms with Gasteiger partial charge in [0, 0.05) is 38.3 Å². The van der Waals surface area contributed by atoms with Crippen molar-refractivity contribution in [2.45, 2.75) is 0 Å². The van der Waals surface area contributed by atoms with Crippen LogP contribution in [0.4, 0.5) is 17.1 Å². The first-order chi connectivity index (χ1) is 27.3. The maximum Gasteiger partial charge on any atom is 0.159 e. The van der Waals surface area contributed by atoms with Gasteiger partial charge in [0.1, 0.15) is 16.7 Å². The molecule has 0 saturated heterocycles. The second-order valence-corrected chi connectivity index (χ2v) is 14.1. The van der Waals surface area contributed by atoms with Crippen molar-refractivity contribution in [3.05, 3.63) is 200 Å². The van der Waals surface area contributed by atoms with E-state index in [1.54, 1.807) is 0 Å². The van der Waals surface area contributed by atoms with Gasteiger partial charge >= 0.3 is 0 Å². The number of nitrogens with zero attached hydrogens (tertiary/aromatic N) is 1. The van der Waals surface area contributed by atoms with Crippen molar-refractivity contribution in [3.8, 4) is 33.4 Å². The molecule has 0 saturated carbocycles. The Morgan fingerprint density at radius 2 is 0.909 bits per heavy atom. The first-order valence-corrected chi connectivity index (χ1v) is 18.7. The summed E-state index contributed by atoms with van der Waals surface area (Å²) < 4.78 is 13.1. The van der Waals surface area contributed by atoms with E-state index >= 15 is 0 Å². The third kappa shape index (κ3) is 5.20. The number of anilines is 3. The van der Waals surface area contributed by atoms with Gasteiger partial charge in [-0.25, -0.2) is 0 Å². The van der Waals surface area contributed by atoms with E-state index in [4.69, 9.17) is 8.83 Å². The van der Waals surface area contributed by atoms with Crippen LogP contribution in [0.5, 0.6) is 0 Å². The van der Waals surface area contributed by atoms with Crippen LogP contribution in [0.2, 0.25) is 0 Å². The molecule has 0 bridgehead atoms. The molecule has 0 aliphatic carbocycles. The van der Waals surface area contributed by atoms with E-state index in [0.29, 0.717) is 0 Å². The van der Waals surface area contributed by atoms with Gasteiger partial charge in [0.2, 0.25) is 0 Å². The highest BCUT2D eigenvalue weighted by atomic mass is 16.3. The second kappa shape index (κ2) is 12.6. The monoisotopic (exact) mass is 703 g/mol. The number of para-hydroxylation sites is 2. The smallest absolute Gasteiger partial charge is 0.159 e. The van der Waals surface area contributed by atoms with Crippen LogP contribution in [0.1, 0.15) is 0 Å². The summed E-state index contributed by atoms with van der Waals surface area (Å²) in [5.41, 5.74) is 13.6. The summed E-state index contributed by atoms with van der Waals surface area (Å²) in [5.74, 6) is 0. The first-order valence-electron chi connectivity index (χ1n) is 18.7. The summed E-state index contributed by atoms with van der Waals surface area (Å²) in [6.45, 7) is 0. The van der Waals surface area contributed by atoms with E-state index in [9.17, 15) is 0 Å². The predicted octanol–water partition coefficient (Wildman–Crippen LogP) is 15.1. The SMILES string of the molecule is c1ccc(-c2cccc(-c3ccc(N(c4ccc(-c5cccc6oc7c8ccccc8ccc7c56)cc4)c4cccc5c4oc4ccccc45)cc3)c2)cc1. The fourth-order valence-corrected chi connectivity index (χ4v) is 8.23. The first kappa shape index (κ1) is 31.2. The van der Waals surface area contributed by atoms with Crippen LogP contribution in [0.15, 0.2) is 209 Å². The molecule has 2 heterocycles. The molecule has 3 heteroatoms. The highest BCUT2D eigenvalue weighted by Gasteiger charge is 2.20. The van der Waals surface area contributed by atoms with Crippen molar-refractivity contribution in [2.24, 2.45) is 0 Å². The summed E-state index contributed by atoms with van der Waals surface area (Å²) in [6, 6.07) is 70.8. The summed E-state index contributed by atoms with van der Waals surface area (Å²) in [7, 11) is 0. The molecule has 0 atom stereocenters. The van der Waals surface area contributed by atoms with Crippen LogP contribution in [-0.4, -0.2) is 0 Å². The van der Waals surface area contributed by atoms with Crippen molar-refractivity contribution < 1.29 is 8.83 Å². The van der Waals surface area contributed by atoms with Gasteiger partial charge in [0.25, 0.3) is 0 Å². The topological polar surface area (TPSA) is 29.5 Å². The van der Waals surface area contributed by atoms with Gasteiger partial charge < -0.3 is 13.7 Å². The van der Waals surface area contributed by atoms with Crippen molar-refractivity contribution in [2.75, 3.05) is 4.90 Å². The largest absolute Gasteiger partial charge is 0.455 e. The highest BCUT2D eigenvalue weighted by Crippen LogP contribution is 2.44. The zero-order valence-corrected chi connectivity index (χ0v) is 29.8. The molecule has 11 rings (SSSR count). The maximum atomic E-state index is 6.61. The number of furan rings is 2. The van der Waals surface area contributed by atoms with Crippen molar-refractivity contribution in [3.63, 3.8) is 0 Å². The summed E-state index contributed by atoms with van der Waals surface area (Å²) >= 11 is 0. The van der Waals surface area contributed by atoms with Gasteiger partial charge in [-0.05, 0) is 93.4 Å². The Kier molecular flexibility index (Phi) is 7.17. The third-order valence-electron chi connectivity index (χ3n) is 10.9. The summed E-state index contributed by atoms with van der Waals surface area (Å²) in [4.78, 5) is 2.30. The molecule has 9 aromatic carbocycles. The molecule has 0 amide bonds. The fraction of sp³-hybridized carbons (Fsp3) is 0. The lowest BCUT2D eigenvalue weighted by Crippen LogP contribution is -2.10. The minimum absolute atomic E-state index is 0.856. The van der Waals surface area contributed by atoms with Crippen LogP contribution in [-0.2, 0) is 0 Å². The van der Waals surface area contributed by atoms with Gasteiger partial charge in [0.05, 0.1) is 5.69 Å². The summed E-state index contributed by atoms with van der Waals surface area (Å²) in [6.07, 6.45) is 0. The third-order valence-corrected chi connectivity index (χ3v) is 10.9. The maximum absolute atomic E-state index is 6.61. The van der Waals surface area contributed by atoms with E-state index in [1.807, 2.05) is 12.1 Å². The molecule has 11 aromatic rings. The van der Waals surface area contributed by atoms with E-state index in [1.165, 1.54) is 22.1 Å². The number of hydrogen-bond donors (Lipinski definition) is 0. The van der Waals surface area contributed by atoms with E-state index in [2.05, 4.69) is 193 Å². The van der Waals surface area contributed by atoms with E-state index in [0.717, 1.165) is 83.0 Å². The molecule has 0 aliphatic rings. The van der Waals surface area contributed by atoms with Gasteiger partial charge in [-0.2, -0.15) is 0 Å². The molecular weight excluding hydrogens is 671 g/mol. The Hall–Kier alpha value is -7.36. The zero-order valence-electron chi connectivity index (χ0n) is 29.8. The Morgan fingerprint density at radius 3 is 1.71 bits per heavy atom. The zero-order chi connectivity index (χ0) is 36.3. The van der Waals surface area contributed by atoms with Crippen molar-refractivity contribution in [1.82, 2.24) is 0 Å². The van der Waals surface area contributed by atoms with Gasteiger partial charge in [0.15, 0.2) is 5.58 Å². The normalized spacial score (nSPS) is 11.6. The Bertz CT molecular complexity index is 3190. The molecule has 0 aliphatic heterocycles. The molecule has 3 nitrogen and oxygen atoms in total. The number of rotatable bonds is 6. The lowest BCUT2D eigenvalue weighted by atomic mass is 9.97. The molecule has 0 unspecified atom stereocenters. The van der Waals surface area contributed by atoms with Crippen molar-refractivity contribution in [1.29, 1.82) is 0 Å². The number of fused-ring (bicyclic) bond motifs is 8. The standard InChI is InChI=1S/C52H33NO2/c1-2-11-34(12-3-1)38-14-8-15-39(33-38)35-23-28-40(29-24-35)53(47-20-9-19-45-44-17-6-7-21-48(44)54-52(45)47)41-30-25-37(26-31-41)42-18-10-22-49-50(42)46-32-27-36-13-4-5-16-43(36)51(46)55-49/h1-33H. The Morgan fingerprint density at radius 1 is 0.327 bits per heavy atom. The average molecular weight is 704 g/mol. The molecule has 55 heavy (non-hydrogen) atoms. The number of hydrogen-bond acceptors (Lipinski definition) is 3. The Labute approximate surface area is 317 Å². The van der Waals surface area contributed by atoms with Crippen LogP contribution < -0.4 is 4.90 Å². The lowest BCUT2D eigenvalue weighted by Gasteiger charge is -2.26. The molecule has 0 fully saturated rings. The lowest BCUT2D eigenvalue weighted by molar-refractivity contribution is 0.669. The van der Waals surface area contributed by atoms with Gasteiger partial charge in [-0.1, -0.05) is 146 Å². The average Bonchev–Trinajstić information content (AvgIpc) is 3.84. The number of benzene rings is 9. The van der Waals surface area contributed by atoms with Gasteiger partial charge in [-0.15, -0.1) is 0 Å². The molecule has 0 spiro atoms.